The van der Waals surface area contributed by atoms with Crippen LogP contribution in [0.25, 0.3) is 11.0 Å². The predicted octanol–water partition coefficient (Wildman–Crippen LogP) is 3.95. The first-order valence-electron chi connectivity index (χ1n) is 6.62. The second kappa shape index (κ2) is 5.41. The molecule has 1 aromatic heterocycles. The molecule has 6 heteroatoms. The molecule has 20 heavy (non-hydrogen) atoms. The summed E-state index contributed by atoms with van der Waals surface area (Å²) in [6.45, 7) is 2.20. The Hall–Kier alpha value is -1.01. The van der Waals surface area contributed by atoms with Gasteiger partial charge in [-0.15, -0.1) is 0 Å². The molecule has 2 aromatic rings. The number of benzene rings is 1. The van der Waals surface area contributed by atoms with Gasteiger partial charge in [-0.05, 0) is 30.5 Å². The summed E-state index contributed by atoms with van der Waals surface area (Å²) in [5.41, 5.74) is 2.02. The Bertz CT molecular complexity index is 670. The zero-order valence-corrected chi connectivity index (χ0v) is 13.4. The number of aliphatic carboxylic acids is 1. The van der Waals surface area contributed by atoms with E-state index >= 15 is 0 Å². The van der Waals surface area contributed by atoms with Gasteiger partial charge in [0.1, 0.15) is 0 Å². The van der Waals surface area contributed by atoms with Gasteiger partial charge in [-0.3, -0.25) is 4.79 Å². The Morgan fingerprint density at radius 1 is 1.60 bits per heavy atom. The molecule has 2 unspecified atom stereocenters. The van der Waals surface area contributed by atoms with E-state index in [4.69, 9.17) is 5.11 Å². The zero-order valence-electron chi connectivity index (χ0n) is 11.0. The van der Waals surface area contributed by atoms with Crippen LogP contribution in [0.1, 0.15) is 25.8 Å². The van der Waals surface area contributed by atoms with Gasteiger partial charge in [0.2, 0.25) is 0 Å². The Kier molecular flexibility index (Phi) is 3.77. The van der Waals surface area contributed by atoms with Gasteiger partial charge in [0.05, 0.1) is 16.8 Å². The van der Waals surface area contributed by atoms with Crippen molar-refractivity contribution in [2.45, 2.75) is 31.0 Å². The molecule has 1 aliphatic rings. The van der Waals surface area contributed by atoms with Crippen molar-refractivity contribution in [2.75, 3.05) is 5.75 Å². The van der Waals surface area contributed by atoms with E-state index in [-0.39, 0.29) is 5.75 Å². The van der Waals surface area contributed by atoms with E-state index in [0.29, 0.717) is 12.0 Å². The average Bonchev–Trinajstić information content (AvgIpc) is 3.10. The van der Waals surface area contributed by atoms with Crippen molar-refractivity contribution >= 4 is 44.7 Å². The summed E-state index contributed by atoms with van der Waals surface area (Å²) in [6.07, 6.45) is 2.32. The fourth-order valence-electron chi connectivity index (χ4n) is 2.58. The standard InChI is InChI=1S/C14H15BrN2O2S/c1-2-8-5-11(8)17-12-6-9(15)3-4-10(12)16-14(17)20-7-13(18)19/h3-4,6,8,11H,2,5,7H2,1H3,(H,18,19). The third-order valence-corrected chi connectivity index (χ3v) is 5.12. The minimum absolute atomic E-state index is 0.0496. The van der Waals surface area contributed by atoms with Gasteiger partial charge in [0.15, 0.2) is 5.16 Å². The highest BCUT2D eigenvalue weighted by Crippen LogP contribution is 2.49. The number of halogens is 1. The third-order valence-electron chi connectivity index (χ3n) is 3.69. The largest absolute Gasteiger partial charge is 0.481 e. The molecule has 1 fully saturated rings. The van der Waals surface area contributed by atoms with Crippen LogP contribution in [0.3, 0.4) is 0 Å². The van der Waals surface area contributed by atoms with E-state index in [1.165, 1.54) is 11.8 Å². The van der Waals surface area contributed by atoms with Crippen molar-refractivity contribution in [3.63, 3.8) is 0 Å². The van der Waals surface area contributed by atoms with Gasteiger partial charge in [-0.25, -0.2) is 4.98 Å². The van der Waals surface area contributed by atoms with Crippen molar-refractivity contribution < 1.29 is 9.90 Å². The van der Waals surface area contributed by atoms with Crippen LogP contribution in [0.4, 0.5) is 0 Å². The van der Waals surface area contributed by atoms with Crippen molar-refractivity contribution in [1.82, 2.24) is 9.55 Å². The fourth-order valence-corrected chi connectivity index (χ4v) is 3.72. The zero-order chi connectivity index (χ0) is 14.3. The molecular formula is C14H15BrN2O2S. The average molecular weight is 355 g/mol. The normalized spacial score (nSPS) is 21.3. The van der Waals surface area contributed by atoms with Gasteiger partial charge >= 0.3 is 5.97 Å². The van der Waals surface area contributed by atoms with Crippen molar-refractivity contribution in [1.29, 1.82) is 0 Å². The topological polar surface area (TPSA) is 55.1 Å². The Morgan fingerprint density at radius 3 is 3.05 bits per heavy atom. The smallest absolute Gasteiger partial charge is 0.313 e. The Labute approximate surface area is 129 Å². The fraction of sp³-hybridized carbons (Fsp3) is 0.429. The van der Waals surface area contributed by atoms with Gasteiger partial charge in [0, 0.05) is 10.5 Å². The molecule has 1 aromatic carbocycles. The van der Waals surface area contributed by atoms with Gasteiger partial charge in [0.25, 0.3) is 0 Å². The molecular weight excluding hydrogens is 340 g/mol. The predicted molar refractivity (Wildman–Crippen MR) is 83.2 cm³/mol. The molecule has 0 bridgehead atoms. The summed E-state index contributed by atoms with van der Waals surface area (Å²) in [4.78, 5) is 15.4. The van der Waals surface area contributed by atoms with Crippen LogP contribution in [0.15, 0.2) is 27.8 Å². The van der Waals surface area contributed by atoms with Gasteiger partial charge < -0.3 is 9.67 Å². The van der Waals surface area contributed by atoms with E-state index < -0.39 is 5.97 Å². The van der Waals surface area contributed by atoms with Crippen LogP contribution in [-0.4, -0.2) is 26.4 Å². The van der Waals surface area contributed by atoms with Crippen LogP contribution in [0.5, 0.6) is 0 Å². The molecule has 2 atom stereocenters. The third kappa shape index (κ3) is 2.59. The first-order valence-corrected chi connectivity index (χ1v) is 8.40. The summed E-state index contributed by atoms with van der Waals surface area (Å²) in [6, 6.07) is 6.48. The van der Waals surface area contributed by atoms with E-state index in [1.54, 1.807) is 0 Å². The van der Waals surface area contributed by atoms with E-state index in [0.717, 1.165) is 33.5 Å². The van der Waals surface area contributed by atoms with Crippen molar-refractivity contribution in [3.8, 4) is 0 Å². The molecule has 1 heterocycles. The number of nitrogens with zero attached hydrogens (tertiary/aromatic N) is 2. The second-order valence-corrected chi connectivity index (χ2v) is 6.91. The highest BCUT2D eigenvalue weighted by Gasteiger charge is 2.39. The van der Waals surface area contributed by atoms with Crippen LogP contribution >= 0.6 is 27.7 Å². The first-order chi connectivity index (χ1) is 9.60. The SMILES string of the molecule is CCC1CC1n1c(SCC(=O)O)nc2ccc(Br)cc21. The number of hydrogen-bond acceptors (Lipinski definition) is 3. The maximum Gasteiger partial charge on any atom is 0.313 e. The lowest BCUT2D eigenvalue weighted by molar-refractivity contribution is -0.133. The lowest BCUT2D eigenvalue weighted by Gasteiger charge is -2.07. The van der Waals surface area contributed by atoms with Crippen molar-refractivity contribution in [2.24, 2.45) is 5.92 Å². The minimum atomic E-state index is -0.808. The molecule has 0 spiro atoms. The van der Waals surface area contributed by atoms with Crippen LogP contribution in [0, 0.1) is 5.92 Å². The molecule has 1 aliphatic carbocycles. The number of thioether (sulfide) groups is 1. The summed E-state index contributed by atoms with van der Waals surface area (Å²) < 4.78 is 3.25. The van der Waals surface area contributed by atoms with Gasteiger partial charge in [-0.2, -0.15) is 0 Å². The first kappa shape index (κ1) is 13.9. The molecule has 3 rings (SSSR count). The summed E-state index contributed by atoms with van der Waals surface area (Å²) in [5, 5.41) is 9.69. The van der Waals surface area contributed by atoms with Gasteiger partial charge in [-0.1, -0.05) is 41.0 Å². The molecule has 0 saturated heterocycles. The summed E-state index contributed by atoms with van der Waals surface area (Å²) in [7, 11) is 0. The lowest BCUT2D eigenvalue weighted by Crippen LogP contribution is -2.03. The quantitative estimate of drug-likeness (QED) is 0.826. The number of aromatic nitrogens is 2. The van der Waals surface area contributed by atoms with Crippen LogP contribution in [-0.2, 0) is 4.79 Å². The summed E-state index contributed by atoms with van der Waals surface area (Å²) >= 11 is 4.80. The monoisotopic (exact) mass is 354 g/mol. The molecule has 4 nitrogen and oxygen atoms in total. The number of carboxylic acid groups (broad SMARTS) is 1. The van der Waals surface area contributed by atoms with E-state index in [2.05, 4.69) is 38.5 Å². The van der Waals surface area contributed by atoms with E-state index in [1.807, 2.05) is 12.1 Å². The number of fused-ring (bicyclic) bond motifs is 1. The molecule has 0 radical (unpaired) electrons. The highest BCUT2D eigenvalue weighted by molar-refractivity contribution is 9.10. The molecule has 106 valence electrons. The maximum absolute atomic E-state index is 10.8. The number of imidazole rings is 1. The lowest BCUT2D eigenvalue weighted by atomic mass is 10.3. The number of hydrogen-bond donors (Lipinski definition) is 1. The van der Waals surface area contributed by atoms with E-state index in [9.17, 15) is 4.79 Å². The molecule has 0 amide bonds. The Morgan fingerprint density at radius 2 is 2.40 bits per heavy atom. The number of carboxylic acids is 1. The molecule has 0 aliphatic heterocycles. The minimum Gasteiger partial charge on any atom is -0.481 e. The Balaban J connectivity index is 2.03. The summed E-state index contributed by atoms with van der Waals surface area (Å²) in [5.74, 6) is -0.0678. The number of rotatable bonds is 5. The highest BCUT2D eigenvalue weighted by atomic mass is 79.9. The van der Waals surface area contributed by atoms with Crippen molar-refractivity contribution in [3.05, 3.63) is 22.7 Å². The van der Waals surface area contributed by atoms with Crippen LogP contribution < -0.4 is 0 Å². The molecule has 1 saturated carbocycles. The molecule has 1 N–H and O–H groups in total. The maximum atomic E-state index is 10.8. The van der Waals surface area contributed by atoms with Crippen LogP contribution in [0.2, 0.25) is 0 Å². The number of carbonyl (C=O) groups is 1. The second-order valence-electron chi connectivity index (χ2n) is 5.05.